The van der Waals surface area contributed by atoms with E-state index in [0.717, 1.165) is 31.5 Å². The Hall–Kier alpha value is -3.26. The molecule has 8 heteroatoms. The van der Waals surface area contributed by atoms with E-state index < -0.39 is 11.6 Å². The highest BCUT2D eigenvalue weighted by Crippen LogP contribution is 2.37. The number of piperidine rings is 1. The molecule has 3 heterocycles. The summed E-state index contributed by atoms with van der Waals surface area (Å²) in [5, 5.41) is 13.1. The lowest BCUT2D eigenvalue weighted by Crippen LogP contribution is -2.56. The fraction of sp³-hybridized carbons (Fsp3) is 0.462. The second kappa shape index (κ2) is 9.18. The minimum Gasteiger partial charge on any atom is -0.508 e. The lowest BCUT2D eigenvalue weighted by atomic mass is 9.75. The van der Waals surface area contributed by atoms with Crippen LogP contribution < -0.4 is 14.8 Å². The molecule has 0 unspecified atom stereocenters. The van der Waals surface area contributed by atoms with Crippen molar-refractivity contribution in [1.82, 2.24) is 15.1 Å². The van der Waals surface area contributed by atoms with Crippen LogP contribution in [0.5, 0.6) is 17.2 Å². The highest BCUT2D eigenvalue weighted by atomic mass is 16.6. The molecule has 2 atom stereocenters. The molecule has 180 valence electrons. The average Bonchev–Trinajstić information content (AvgIpc) is 3.11. The number of rotatable bonds is 6. The zero-order valence-electron chi connectivity index (χ0n) is 19.4. The maximum absolute atomic E-state index is 13.6. The van der Waals surface area contributed by atoms with Crippen molar-refractivity contribution < 1.29 is 24.2 Å². The first-order valence-corrected chi connectivity index (χ1v) is 12.0. The second-order valence-corrected chi connectivity index (χ2v) is 9.35. The molecule has 0 aliphatic carbocycles. The Labute approximate surface area is 199 Å². The summed E-state index contributed by atoms with van der Waals surface area (Å²) in [6, 6.07) is 14.4. The molecule has 3 amide bonds. The zero-order chi connectivity index (χ0) is 23.7. The number of carbonyl (C=O) groups excluding carboxylic acids is 2. The van der Waals surface area contributed by atoms with Crippen molar-refractivity contribution in [3.63, 3.8) is 0 Å². The number of phenolic OH excluding ortho intramolecular Hbond substituents is 1. The summed E-state index contributed by atoms with van der Waals surface area (Å²) in [4.78, 5) is 30.1. The summed E-state index contributed by atoms with van der Waals surface area (Å²) in [6.07, 6.45) is 1.75. The van der Waals surface area contributed by atoms with E-state index in [4.69, 9.17) is 9.47 Å². The molecule has 2 fully saturated rings. The van der Waals surface area contributed by atoms with Gasteiger partial charge in [-0.1, -0.05) is 37.3 Å². The van der Waals surface area contributed by atoms with Crippen LogP contribution >= 0.6 is 0 Å². The van der Waals surface area contributed by atoms with Gasteiger partial charge in [0.25, 0.3) is 5.91 Å². The summed E-state index contributed by atoms with van der Waals surface area (Å²) in [6.45, 7) is 4.70. The highest BCUT2D eigenvalue weighted by Gasteiger charge is 2.55. The van der Waals surface area contributed by atoms with Gasteiger partial charge < -0.3 is 19.9 Å². The Morgan fingerprint density at radius 1 is 1.06 bits per heavy atom. The van der Waals surface area contributed by atoms with Gasteiger partial charge in [0.05, 0.1) is 6.54 Å². The number of nitrogens with zero attached hydrogens (tertiary/aromatic N) is 2. The minimum absolute atomic E-state index is 0.0591. The fourth-order valence-corrected chi connectivity index (χ4v) is 5.44. The van der Waals surface area contributed by atoms with Crippen LogP contribution in [0, 0.1) is 5.92 Å². The van der Waals surface area contributed by atoms with Gasteiger partial charge in [0.2, 0.25) is 0 Å². The number of aromatic hydroxyl groups is 1. The van der Waals surface area contributed by atoms with Crippen LogP contribution in [0.15, 0.2) is 48.5 Å². The number of hydrogen-bond donors (Lipinski definition) is 2. The highest BCUT2D eigenvalue weighted by molar-refractivity contribution is 6.07. The van der Waals surface area contributed by atoms with Crippen molar-refractivity contribution in [2.45, 2.75) is 44.4 Å². The van der Waals surface area contributed by atoms with Gasteiger partial charge in [0, 0.05) is 12.1 Å². The molecule has 2 aromatic carbocycles. The van der Waals surface area contributed by atoms with Crippen molar-refractivity contribution in [3.8, 4) is 17.2 Å². The average molecular weight is 466 g/mol. The number of carbonyl (C=O) groups is 2. The largest absolute Gasteiger partial charge is 0.508 e. The van der Waals surface area contributed by atoms with Crippen molar-refractivity contribution >= 4 is 11.9 Å². The molecular formula is C26H31N3O5. The van der Waals surface area contributed by atoms with Crippen LogP contribution in [0.4, 0.5) is 4.79 Å². The first-order chi connectivity index (χ1) is 16.5. The van der Waals surface area contributed by atoms with Crippen molar-refractivity contribution in [1.29, 1.82) is 0 Å². The Bertz CT molecular complexity index is 1070. The van der Waals surface area contributed by atoms with Crippen LogP contribution in [-0.2, 0) is 11.3 Å². The molecule has 34 heavy (non-hydrogen) atoms. The molecule has 0 saturated carbocycles. The van der Waals surface area contributed by atoms with Crippen molar-refractivity contribution in [3.05, 3.63) is 54.1 Å². The van der Waals surface area contributed by atoms with Crippen LogP contribution in [-0.4, -0.2) is 64.7 Å². The molecule has 8 nitrogen and oxygen atoms in total. The Morgan fingerprint density at radius 3 is 2.50 bits per heavy atom. The van der Waals surface area contributed by atoms with Crippen molar-refractivity contribution in [2.24, 2.45) is 5.92 Å². The fourth-order valence-electron chi connectivity index (χ4n) is 5.44. The van der Waals surface area contributed by atoms with E-state index in [1.54, 1.807) is 6.07 Å². The topological polar surface area (TPSA) is 91.3 Å². The van der Waals surface area contributed by atoms with Gasteiger partial charge in [-0.05, 0) is 56.5 Å². The molecule has 0 spiro atoms. The Morgan fingerprint density at radius 2 is 1.76 bits per heavy atom. The SMILES string of the molecule is CC[C@]1(C2CCN(Cc3ccccc3O)CC2)NC(=O)N(C[C@@H]2COc3ccccc3O2)C1=O. The lowest BCUT2D eigenvalue weighted by Gasteiger charge is -2.40. The number of amides is 3. The molecule has 3 aliphatic heterocycles. The normalized spacial score (nSPS) is 25.4. The van der Waals surface area contributed by atoms with Crippen molar-refractivity contribution in [2.75, 3.05) is 26.2 Å². The number of nitrogens with one attached hydrogen (secondary N) is 1. The van der Waals surface area contributed by atoms with E-state index in [1.165, 1.54) is 4.90 Å². The summed E-state index contributed by atoms with van der Waals surface area (Å²) in [7, 11) is 0. The third-order valence-electron chi connectivity index (χ3n) is 7.38. The van der Waals surface area contributed by atoms with E-state index in [2.05, 4.69) is 10.2 Å². The van der Waals surface area contributed by atoms with E-state index in [-0.39, 0.29) is 31.0 Å². The van der Waals surface area contributed by atoms with Gasteiger partial charge in [-0.25, -0.2) is 4.79 Å². The molecular weight excluding hydrogens is 434 g/mol. The molecule has 0 bridgehead atoms. The second-order valence-electron chi connectivity index (χ2n) is 9.35. The zero-order valence-corrected chi connectivity index (χ0v) is 19.4. The lowest BCUT2D eigenvalue weighted by molar-refractivity contribution is -0.135. The first-order valence-electron chi connectivity index (χ1n) is 12.0. The molecule has 2 aromatic rings. The number of para-hydroxylation sites is 3. The monoisotopic (exact) mass is 465 g/mol. The van der Waals surface area contributed by atoms with Gasteiger partial charge in [-0.15, -0.1) is 0 Å². The maximum Gasteiger partial charge on any atom is 0.325 e. The Balaban J connectivity index is 1.23. The molecule has 3 aliphatic rings. The molecule has 2 N–H and O–H groups in total. The number of fused-ring (bicyclic) bond motifs is 1. The van der Waals surface area contributed by atoms with E-state index in [9.17, 15) is 14.7 Å². The van der Waals surface area contributed by atoms with E-state index >= 15 is 0 Å². The molecule has 2 saturated heterocycles. The van der Waals surface area contributed by atoms with Gasteiger partial charge in [-0.3, -0.25) is 14.6 Å². The third kappa shape index (κ3) is 4.07. The summed E-state index contributed by atoms with van der Waals surface area (Å²) in [5.74, 6) is 1.50. The van der Waals surface area contributed by atoms with Gasteiger partial charge in [-0.2, -0.15) is 0 Å². The Kier molecular flexibility index (Phi) is 6.08. The number of imide groups is 1. The standard InChI is InChI=1S/C26H31N3O5/c1-2-26(19-11-13-28(14-12-19)15-18-7-3-4-8-21(18)30)24(31)29(25(32)27-26)16-20-17-33-22-9-5-6-10-23(22)34-20/h3-10,19-20,30H,2,11-17H2,1H3,(H,27,32)/t20-,26-/m1/s1. The van der Waals surface area contributed by atoms with E-state index in [1.807, 2.05) is 49.4 Å². The molecule has 5 rings (SSSR count). The summed E-state index contributed by atoms with van der Waals surface area (Å²) in [5.41, 5.74) is 0.0183. The molecule has 0 radical (unpaired) electrons. The molecule has 0 aromatic heterocycles. The quantitative estimate of drug-likeness (QED) is 0.637. The van der Waals surface area contributed by atoms with Gasteiger partial charge in [0.1, 0.15) is 17.9 Å². The number of phenols is 1. The van der Waals surface area contributed by atoms with Gasteiger partial charge >= 0.3 is 6.03 Å². The summed E-state index contributed by atoms with van der Waals surface area (Å²) >= 11 is 0. The maximum atomic E-state index is 13.6. The number of likely N-dealkylation sites (tertiary alicyclic amines) is 1. The summed E-state index contributed by atoms with van der Waals surface area (Å²) < 4.78 is 11.8. The first kappa shape index (κ1) is 22.5. The third-order valence-corrected chi connectivity index (χ3v) is 7.38. The predicted octanol–water partition coefficient (Wildman–Crippen LogP) is 3.14. The number of ether oxygens (including phenoxy) is 2. The van der Waals surface area contributed by atoms with Crippen LogP contribution in [0.25, 0.3) is 0 Å². The number of urea groups is 1. The van der Waals surface area contributed by atoms with E-state index in [0.29, 0.717) is 30.2 Å². The predicted molar refractivity (Wildman–Crippen MR) is 126 cm³/mol. The smallest absolute Gasteiger partial charge is 0.325 e. The number of benzene rings is 2. The van der Waals surface area contributed by atoms with Crippen LogP contribution in [0.2, 0.25) is 0 Å². The minimum atomic E-state index is -0.883. The number of hydrogen-bond acceptors (Lipinski definition) is 6. The van der Waals surface area contributed by atoms with Crippen LogP contribution in [0.3, 0.4) is 0 Å². The van der Waals surface area contributed by atoms with Gasteiger partial charge in [0.15, 0.2) is 17.6 Å². The van der Waals surface area contributed by atoms with Crippen LogP contribution in [0.1, 0.15) is 31.7 Å².